The summed E-state index contributed by atoms with van der Waals surface area (Å²) in [7, 11) is 1.50. The zero-order chi connectivity index (χ0) is 30.2. The van der Waals surface area contributed by atoms with Crippen LogP contribution in [0.1, 0.15) is 91.8 Å². The van der Waals surface area contributed by atoms with Gasteiger partial charge in [0.25, 0.3) is 0 Å². The normalized spacial score (nSPS) is 19.5. The number of ketones is 1. The summed E-state index contributed by atoms with van der Waals surface area (Å²) in [5.74, 6) is -3.03. The summed E-state index contributed by atoms with van der Waals surface area (Å²) in [6.07, 6.45) is 7.28. The first-order valence-corrected chi connectivity index (χ1v) is 15.6. The molecule has 2 aromatic rings. The Kier molecular flexibility index (Phi) is 11.0. The van der Waals surface area contributed by atoms with Crippen LogP contribution in [0.3, 0.4) is 0 Å². The topological polar surface area (TPSA) is 126 Å². The van der Waals surface area contributed by atoms with E-state index >= 15 is 0 Å². The van der Waals surface area contributed by atoms with Crippen molar-refractivity contribution in [1.82, 2.24) is 20.5 Å². The number of amides is 3. The lowest BCUT2D eigenvalue weighted by molar-refractivity contribution is -0.141. The van der Waals surface area contributed by atoms with Crippen LogP contribution in [-0.4, -0.2) is 59.3 Å². The number of halogens is 1. The van der Waals surface area contributed by atoms with Gasteiger partial charge in [0.1, 0.15) is 28.8 Å². The Balaban J connectivity index is 1.53. The molecule has 1 aliphatic heterocycles. The van der Waals surface area contributed by atoms with Gasteiger partial charge < -0.3 is 20.3 Å². The van der Waals surface area contributed by atoms with Crippen LogP contribution in [0.2, 0.25) is 0 Å². The number of benzene rings is 1. The van der Waals surface area contributed by atoms with Crippen molar-refractivity contribution in [2.24, 2.45) is 17.8 Å². The maximum Gasteiger partial charge on any atom is 0.246 e. The lowest BCUT2D eigenvalue weighted by Gasteiger charge is -2.35. The van der Waals surface area contributed by atoms with E-state index in [-0.39, 0.29) is 54.0 Å². The number of nitrogens with one attached hydrogen (secondary N) is 2. The molecule has 2 aliphatic rings. The molecule has 0 radical (unpaired) electrons. The van der Waals surface area contributed by atoms with Crippen LogP contribution in [-0.2, 0) is 19.2 Å². The minimum Gasteiger partial charge on any atom is -0.359 e. The summed E-state index contributed by atoms with van der Waals surface area (Å²) in [6.45, 7) is 2.18. The number of carbonyl (C=O) groups excluding carboxylic acids is 5. The number of carbonyl (C=O) groups is 5. The van der Waals surface area contributed by atoms with Crippen LogP contribution in [0.5, 0.6) is 0 Å². The first-order chi connectivity index (χ1) is 20.2. The van der Waals surface area contributed by atoms with E-state index in [0.29, 0.717) is 23.5 Å². The Morgan fingerprint density at radius 3 is 2.45 bits per heavy atom. The molecule has 0 spiro atoms. The summed E-state index contributed by atoms with van der Waals surface area (Å²) in [6, 6.07) is 4.26. The Morgan fingerprint density at radius 2 is 1.79 bits per heavy atom. The highest BCUT2D eigenvalue weighted by Gasteiger charge is 2.41. The molecule has 1 saturated heterocycles. The van der Waals surface area contributed by atoms with E-state index in [1.807, 2.05) is 0 Å². The standard InChI is InChI=1S/C31H39FN4O5S/c1-19(23(10-7-17-37)29(40)33-2)28(39)35-26(20-8-4-3-5-9-20)31(41)36-16-6-11-25(36)30-34-24(18-42-30)27(38)21-12-14-22(32)15-13-21/h12-15,17-20,23,25-26H,3-11,16H2,1-2H3,(H,33,40)(H,35,39)/t19-,23?,25-,26-/m0/s1. The van der Waals surface area contributed by atoms with E-state index in [1.54, 1.807) is 17.2 Å². The van der Waals surface area contributed by atoms with Gasteiger partial charge in [-0.3, -0.25) is 19.2 Å². The lowest BCUT2D eigenvalue weighted by atomic mass is 9.82. The number of hydrogen-bond acceptors (Lipinski definition) is 7. The first-order valence-electron chi connectivity index (χ1n) is 14.8. The molecule has 1 aromatic heterocycles. The SMILES string of the molecule is CNC(=O)C(CCC=O)[C@H](C)C(=O)N[C@H](C(=O)N1CCC[C@H]1c1nc(C(=O)c2ccc(F)cc2)cs1)C1CCCCC1. The predicted octanol–water partition coefficient (Wildman–Crippen LogP) is 4.22. The number of aldehydes is 1. The Labute approximate surface area is 249 Å². The number of aromatic nitrogens is 1. The molecule has 42 heavy (non-hydrogen) atoms. The molecule has 4 atom stereocenters. The highest BCUT2D eigenvalue weighted by atomic mass is 32.1. The molecule has 1 unspecified atom stereocenters. The summed E-state index contributed by atoms with van der Waals surface area (Å²) >= 11 is 1.32. The second kappa shape index (κ2) is 14.6. The Hall–Kier alpha value is -3.47. The summed E-state index contributed by atoms with van der Waals surface area (Å²) in [5.41, 5.74) is 0.590. The van der Waals surface area contributed by atoms with Gasteiger partial charge >= 0.3 is 0 Å². The zero-order valence-corrected chi connectivity index (χ0v) is 25.0. The number of likely N-dealkylation sites (tertiary alicyclic amines) is 1. The Bertz CT molecular complexity index is 1280. The van der Waals surface area contributed by atoms with Crippen LogP contribution in [0.15, 0.2) is 29.6 Å². The zero-order valence-electron chi connectivity index (χ0n) is 24.1. The van der Waals surface area contributed by atoms with Crippen LogP contribution >= 0.6 is 11.3 Å². The average Bonchev–Trinajstić information content (AvgIpc) is 3.70. The summed E-state index contributed by atoms with van der Waals surface area (Å²) in [5, 5.41) is 7.93. The van der Waals surface area contributed by atoms with Gasteiger partial charge in [-0.25, -0.2) is 9.37 Å². The molecule has 4 rings (SSSR count). The van der Waals surface area contributed by atoms with Gasteiger partial charge in [0.15, 0.2) is 0 Å². The number of hydrogen-bond donors (Lipinski definition) is 2. The Morgan fingerprint density at radius 1 is 1.07 bits per heavy atom. The average molecular weight is 599 g/mol. The van der Waals surface area contributed by atoms with E-state index < -0.39 is 23.7 Å². The molecule has 1 saturated carbocycles. The van der Waals surface area contributed by atoms with Crippen LogP contribution in [0, 0.1) is 23.6 Å². The fourth-order valence-corrected chi connectivity index (χ4v) is 7.06. The van der Waals surface area contributed by atoms with Crippen LogP contribution in [0.4, 0.5) is 4.39 Å². The second-order valence-corrected chi connectivity index (χ2v) is 12.1. The van der Waals surface area contributed by atoms with Crippen LogP contribution in [0.25, 0.3) is 0 Å². The largest absolute Gasteiger partial charge is 0.359 e. The van der Waals surface area contributed by atoms with E-state index in [1.165, 1.54) is 42.6 Å². The maximum atomic E-state index is 14.2. The van der Waals surface area contributed by atoms with E-state index in [0.717, 1.165) is 44.8 Å². The third-order valence-corrected chi connectivity index (χ3v) is 9.51. The summed E-state index contributed by atoms with van der Waals surface area (Å²) in [4.78, 5) is 70.5. The minimum atomic E-state index is -0.738. The van der Waals surface area contributed by atoms with Gasteiger partial charge in [-0.2, -0.15) is 0 Å². The van der Waals surface area contributed by atoms with Crippen molar-refractivity contribution in [3.63, 3.8) is 0 Å². The van der Waals surface area contributed by atoms with Crippen molar-refractivity contribution in [1.29, 1.82) is 0 Å². The van der Waals surface area contributed by atoms with Crippen molar-refractivity contribution in [3.8, 4) is 0 Å². The number of nitrogens with zero attached hydrogens (tertiary/aromatic N) is 2. The molecule has 1 aliphatic carbocycles. The molecule has 2 fully saturated rings. The molecule has 3 amide bonds. The molecule has 1 aromatic carbocycles. The molecule has 2 N–H and O–H groups in total. The first kappa shape index (κ1) is 31.5. The van der Waals surface area contributed by atoms with E-state index in [2.05, 4.69) is 15.6 Å². The van der Waals surface area contributed by atoms with Crippen molar-refractivity contribution >= 4 is 41.1 Å². The number of rotatable bonds is 12. The predicted molar refractivity (Wildman–Crippen MR) is 156 cm³/mol. The second-order valence-electron chi connectivity index (χ2n) is 11.2. The smallest absolute Gasteiger partial charge is 0.246 e. The summed E-state index contributed by atoms with van der Waals surface area (Å²) < 4.78 is 13.3. The lowest BCUT2D eigenvalue weighted by Crippen LogP contribution is -2.54. The third kappa shape index (κ3) is 7.29. The van der Waals surface area contributed by atoms with E-state index in [4.69, 9.17) is 0 Å². The molecule has 0 bridgehead atoms. The van der Waals surface area contributed by atoms with Crippen molar-refractivity contribution in [3.05, 3.63) is 51.7 Å². The van der Waals surface area contributed by atoms with Crippen LogP contribution < -0.4 is 10.6 Å². The molecular formula is C31H39FN4O5S. The monoisotopic (exact) mass is 598 g/mol. The fourth-order valence-electron chi connectivity index (χ4n) is 6.12. The van der Waals surface area contributed by atoms with Gasteiger partial charge in [-0.15, -0.1) is 11.3 Å². The minimum absolute atomic E-state index is 0.0241. The van der Waals surface area contributed by atoms with Gasteiger partial charge in [-0.05, 0) is 62.3 Å². The molecule has 2 heterocycles. The third-order valence-electron chi connectivity index (χ3n) is 8.56. The van der Waals surface area contributed by atoms with Gasteiger partial charge in [-0.1, -0.05) is 26.2 Å². The van der Waals surface area contributed by atoms with Crippen molar-refractivity contribution < 1.29 is 28.4 Å². The van der Waals surface area contributed by atoms with Crippen molar-refractivity contribution in [2.75, 3.05) is 13.6 Å². The highest BCUT2D eigenvalue weighted by Crippen LogP contribution is 2.37. The maximum absolute atomic E-state index is 14.2. The molecule has 9 nitrogen and oxygen atoms in total. The fraction of sp³-hybridized carbons (Fsp3) is 0.548. The molecule has 226 valence electrons. The van der Waals surface area contributed by atoms with Gasteiger partial charge in [0.2, 0.25) is 23.5 Å². The molecule has 11 heteroatoms. The highest BCUT2D eigenvalue weighted by molar-refractivity contribution is 7.10. The van der Waals surface area contributed by atoms with Crippen molar-refractivity contribution in [2.45, 2.75) is 76.8 Å². The quantitative estimate of drug-likeness (QED) is 0.278. The van der Waals surface area contributed by atoms with Gasteiger partial charge in [0.05, 0.1) is 6.04 Å². The van der Waals surface area contributed by atoms with E-state index in [9.17, 15) is 28.4 Å². The molecular weight excluding hydrogens is 559 g/mol. The van der Waals surface area contributed by atoms with Gasteiger partial charge in [0, 0.05) is 42.8 Å². The number of thiazole rings is 1.